The number of hydrogen-bond acceptors (Lipinski definition) is 5. The molecular weight excluding hydrogens is 292 g/mol. The molecule has 0 unspecified atom stereocenters. The number of sulfonamides is 1. The van der Waals surface area contributed by atoms with Crippen LogP contribution in [0.25, 0.3) is 0 Å². The summed E-state index contributed by atoms with van der Waals surface area (Å²) in [5.74, 6) is 1.11. The molecule has 0 atom stereocenters. The van der Waals surface area contributed by atoms with Gasteiger partial charge in [-0.3, -0.25) is 0 Å². The van der Waals surface area contributed by atoms with E-state index in [0.29, 0.717) is 43.8 Å². The summed E-state index contributed by atoms with van der Waals surface area (Å²) in [6.07, 6.45) is 2.37. The van der Waals surface area contributed by atoms with Crippen LogP contribution in [0.1, 0.15) is 31.3 Å². The highest BCUT2D eigenvalue weighted by Gasteiger charge is 2.28. The summed E-state index contributed by atoms with van der Waals surface area (Å²) in [5, 5.41) is 3.32. The standard InChI is InChI=1S/C14H24N2O4S/c1-4-16(7-8-19-3)21(17,18)14-9-13(20-11(14)2)10-15-12-5-6-12/h9,12,15H,4-8,10H2,1-3H3. The summed E-state index contributed by atoms with van der Waals surface area (Å²) in [5.41, 5.74) is 0. The zero-order chi connectivity index (χ0) is 15.5. The maximum absolute atomic E-state index is 12.6. The van der Waals surface area contributed by atoms with Gasteiger partial charge in [0, 0.05) is 32.3 Å². The second-order valence-electron chi connectivity index (χ2n) is 5.28. The van der Waals surface area contributed by atoms with Gasteiger partial charge in [-0.15, -0.1) is 0 Å². The maximum atomic E-state index is 12.6. The van der Waals surface area contributed by atoms with Gasteiger partial charge in [0.05, 0.1) is 13.2 Å². The second-order valence-corrected chi connectivity index (χ2v) is 7.18. The Morgan fingerprint density at radius 2 is 2.19 bits per heavy atom. The number of methoxy groups -OCH3 is 1. The fraction of sp³-hybridized carbons (Fsp3) is 0.714. The molecule has 120 valence electrons. The van der Waals surface area contributed by atoms with Gasteiger partial charge < -0.3 is 14.5 Å². The van der Waals surface area contributed by atoms with Gasteiger partial charge in [-0.05, 0) is 19.8 Å². The van der Waals surface area contributed by atoms with Crippen molar-refractivity contribution in [2.24, 2.45) is 0 Å². The van der Waals surface area contributed by atoms with Gasteiger partial charge in [0.15, 0.2) is 0 Å². The Morgan fingerprint density at radius 1 is 1.48 bits per heavy atom. The van der Waals surface area contributed by atoms with Crippen LogP contribution in [0, 0.1) is 6.92 Å². The molecule has 0 aromatic carbocycles. The number of furan rings is 1. The summed E-state index contributed by atoms with van der Waals surface area (Å²) >= 11 is 0. The van der Waals surface area contributed by atoms with E-state index < -0.39 is 10.0 Å². The van der Waals surface area contributed by atoms with Gasteiger partial charge >= 0.3 is 0 Å². The van der Waals surface area contributed by atoms with Crippen molar-refractivity contribution in [1.82, 2.24) is 9.62 Å². The maximum Gasteiger partial charge on any atom is 0.246 e. The fourth-order valence-corrected chi connectivity index (χ4v) is 3.80. The SMILES string of the molecule is CCN(CCOC)S(=O)(=O)c1cc(CNC2CC2)oc1C. The highest BCUT2D eigenvalue weighted by molar-refractivity contribution is 7.89. The first kappa shape index (κ1) is 16.5. The zero-order valence-electron chi connectivity index (χ0n) is 12.9. The molecule has 1 N–H and O–H groups in total. The van der Waals surface area contributed by atoms with Crippen LogP contribution in [-0.4, -0.2) is 45.6 Å². The molecule has 6 nitrogen and oxygen atoms in total. The molecule has 1 heterocycles. The van der Waals surface area contributed by atoms with E-state index >= 15 is 0 Å². The lowest BCUT2D eigenvalue weighted by Gasteiger charge is -2.19. The number of likely N-dealkylation sites (N-methyl/N-ethyl adjacent to an activating group) is 1. The van der Waals surface area contributed by atoms with Crippen molar-refractivity contribution in [2.45, 2.75) is 44.2 Å². The Morgan fingerprint density at radius 3 is 2.76 bits per heavy atom. The van der Waals surface area contributed by atoms with Crippen molar-refractivity contribution in [3.8, 4) is 0 Å². The van der Waals surface area contributed by atoms with E-state index in [4.69, 9.17) is 9.15 Å². The quantitative estimate of drug-likeness (QED) is 0.747. The zero-order valence-corrected chi connectivity index (χ0v) is 13.7. The minimum Gasteiger partial charge on any atom is -0.464 e. The molecule has 1 aliphatic rings. The fourth-order valence-electron chi connectivity index (χ4n) is 2.18. The molecule has 1 aromatic heterocycles. The molecule has 1 fully saturated rings. The molecule has 0 saturated heterocycles. The highest BCUT2D eigenvalue weighted by Crippen LogP contribution is 2.25. The third-order valence-electron chi connectivity index (χ3n) is 3.58. The van der Waals surface area contributed by atoms with Crippen LogP contribution >= 0.6 is 0 Å². The van der Waals surface area contributed by atoms with Crippen LogP contribution < -0.4 is 5.32 Å². The molecule has 0 radical (unpaired) electrons. The predicted molar refractivity (Wildman–Crippen MR) is 79.6 cm³/mol. The highest BCUT2D eigenvalue weighted by atomic mass is 32.2. The average molecular weight is 316 g/mol. The second kappa shape index (κ2) is 6.91. The lowest BCUT2D eigenvalue weighted by molar-refractivity contribution is 0.180. The van der Waals surface area contributed by atoms with E-state index in [-0.39, 0.29) is 4.90 Å². The smallest absolute Gasteiger partial charge is 0.246 e. The predicted octanol–water partition coefficient (Wildman–Crippen LogP) is 1.50. The van der Waals surface area contributed by atoms with E-state index in [1.807, 2.05) is 6.92 Å². The number of nitrogens with zero attached hydrogens (tertiary/aromatic N) is 1. The normalized spacial score (nSPS) is 15.8. The first-order valence-corrected chi connectivity index (χ1v) is 8.74. The van der Waals surface area contributed by atoms with Gasteiger partial charge in [-0.1, -0.05) is 6.92 Å². The first-order chi connectivity index (χ1) is 9.98. The van der Waals surface area contributed by atoms with Gasteiger partial charge in [-0.2, -0.15) is 4.31 Å². The van der Waals surface area contributed by atoms with Crippen LogP contribution in [0.3, 0.4) is 0 Å². The molecule has 0 aliphatic heterocycles. The molecular formula is C14H24N2O4S. The van der Waals surface area contributed by atoms with Gasteiger partial charge in [0.1, 0.15) is 16.4 Å². The van der Waals surface area contributed by atoms with Crippen LogP contribution in [0.2, 0.25) is 0 Å². The average Bonchev–Trinajstić information content (AvgIpc) is 3.19. The summed E-state index contributed by atoms with van der Waals surface area (Å²) in [6, 6.07) is 2.19. The Labute approximate surface area is 126 Å². The van der Waals surface area contributed by atoms with E-state index in [0.717, 1.165) is 0 Å². The molecule has 21 heavy (non-hydrogen) atoms. The van der Waals surface area contributed by atoms with E-state index in [9.17, 15) is 8.42 Å². The number of nitrogens with one attached hydrogen (secondary N) is 1. The van der Waals surface area contributed by atoms with Crippen molar-refractivity contribution in [3.63, 3.8) is 0 Å². The molecule has 1 saturated carbocycles. The third kappa shape index (κ3) is 4.06. The minimum atomic E-state index is -3.52. The topological polar surface area (TPSA) is 71.8 Å². The van der Waals surface area contributed by atoms with Crippen LogP contribution in [-0.2, 0) is 21.3 Å². The first-order valence-electron chi connectivity index (χ1n) is 7.30. The Hall–Kier alpha value is -0.890. The Bertz CT molecular complexity index is 564. The van der Waals surface area contributed by atoms with Crippen LogP contribution in [0.15, 0.2) is 15.4 Å². The van der Waals surface area contributed by atoms with Crippen molar-refractivity contribution in [3.05, 3.63) is 17.6 Å². The molecule has 0 amide bonds. The molecule has 2 rings (SSSR count). The van der Waals surface area contributed by atoms with Gasteiger partial charge in [0.2, 0.25) is 10.0 Å². The summed E-state index contributed by atoms with van der Waals surface area (Å²) in [4.78, 5) is 0.257. The molecule has 1 aliphatic carbocycles. The third-order valence-corrected chi connectivity index (χ3v) is 5.66. The van der Waals surface area contributed by atoms with E-state index in [1.54, 1.807) is 20.1 Å². The largest absolute Gasteiger partial charge is 0.464 e. The Balaban J connectivity index is 2.13. The monoisotopic (exact) mass is 316 g/mol. The molecule has 0 spiro atoms. The van der Waals surface area contributed by atoms with Crippen molar-refractivity contribution < 1.29 is 17.6 Å². The number of aryl methyl sites for hydroxylation is 1. The molecule has 1 aromatic rings. The van der Waals surface area contributed by atoms with Gasteiger partial charge in [-0.25, -0.2) is 8.42 Å². The van der Waals surface area contributed by atoms with Crippen LogP contribution in [0.5, 0.6) is 0 Å². The Kier molecular flexibility index (Phi) is 5.43. The van der Waals surface area contributed by atoms with Crippen LogP contribution in [0.4, 0.5) is 0 Å². The number of ether oxygens (including phenoxy) is 1. The summed E-state index contributed by atoms with van der Waals surface area (Å²) < 4.78 is 37.2. The summed E-state index contributed by atoms with van der Waals surface area (Å²) in [7, 11) is -1.96. The number of hydrogen-bond donors (Lipinski definition) is 1. The van der Waals surface area contributed by atoms with Crippen molar-refractivity contribution >= 4 is 10.0 Å². The molecule has 0 bridgehead atoms. The number of rotatable bonds is 9. The minimum absolute atomic E-state index is 0.257. The van der Waals surface area contributed by atoms with Crippen molar-refractivity contribution in [1.29, 1.82) is 0 Å². The summed E-state index contributed by atoms with van der Waals surface area (Å²) in [6.45, 7) is 5.21. The molecule has 7 heteroatoms. The lowest BCUT2D eigenvalue weighted by atomic mass is 10.4. The van der Waals surface area contributed by atoms with E-state index in [2.05, 4.69) is 5.32 Å². The van der Waals surface area contributed by atoms with Gasteiger partial charge in [0.25, 0.3) is 0 Å². The van der Waals surface area contributed by atoms with Crippen molar-refractivity contribution in [2.75, 3.05) is 26.8 Å². The van der Waals surface area contributed by atoms with E-state index in [1.165, 1.54) is 17.1 Å². The lowest BCUT2D eigenvalue weighted by Crippen LogP contribution is -2.33.